The highest BCUT2D eigenvalue weighted by Crippen LogP contribution is 2.23. The van der Waals surface area contributed by atoms with Crippen LogP contribution >= 0.6 is 0 Å². The van der Waals surface area contributed by atoms with Crippen LogP contribution in [0.15, 0.2) is 18.2 Å². The number of amides is 2. The highest BCUT2D eigenvalue weighted by Gasteiger charge is 2.35. The zero-order valence-corrected chi connectivity index (χ0v) is 12.0. The van der Waals surface area contributed by atoms with Crippen LogP contribution in [0.3, 0.4) is 0 Å². The molecule has 2 heterocycles. The van der Waals surface area contributed by atoms with Crippen molar-refractivity contribution < 1.29 is 9.53 Å². The Kier molecular flexibility index (Phi) is 3.67. The second-order valence-electron chi connectivity index (χ2n) is 5.41. The van der Waals surface area contributed by atoms with Crippen molar-refractivity contribution in [3.63, 3.8) is 0 Å². The average Bonchev–Trinajstić information content (AvgIpc) is 2.88. The number of hydrogen-bond donors (Lipinski definition) is 1. The van der Waals surface area contributed by atoms with Crippen LogP contribution in [-0.2, 0) is 6.54 Å². The number of nitrogens with zero attached hydrogens (tertiary/aromatic N) is 3. The van der Waals surface area contributed by atoms with Crippen molar-refractivity contribution >= 4 is 6.03 Å². The smallest absolute Gasteiger partial charge is 0.317 e. The first-order chi connectivity index (χ1) is 10.2. The van der Waals surface area contributed by atoms with E-state index in [0.717, 1.165) is 37.5 Å². The van der Waals surface area contributed by atoms with Gasteiger partial charge in [-0.2, -0.15) is 5.26 Å². The Morgan fingerprint density at radius 1 is 1.48 bits per heavy atom. The molecule has 2 saturated heterocycles. The van der Waals surface area contributed by atoms with Crippen molar-refractivity contribution in [2.24, 2.45) is 0 Å². The van der Waals surface area contributed by atoms with Crippen LogP contribution in [0.1, 0.15) is 11.1 Å². The quantitative estimate of drug-likeness (QED) is 0.891. The van der Waals surface area contributed by atoms with Crippen LogP contribution in [0.25, 0.3) is 0 Å². The van der Waals surface area contributed by atoms with Gasteiger partial charge < -0.3 is 15.0 Å². The summed E-state index contributed by atoms with van der Waals surface area (Å²) in [5.41, 5.74) is 1.66. The summed E-state index contributed by atoms with van der Waals surface area (Å²) in [5.74, 6) is 0.803. The molecular weight excluding hydrogens is 268 g/mol. The molecule has 2 aliphatic heterocycles. The maximum absolute atomic E-state index is 11.6. The Morgan fingerprint density at radius 2 is 2.33 bits per heavy atom. The van der Waals surface area contributed by atoms with Crippen molar-refractivity contribution in [3.05, 3.63) is 29.3 Å². The van der Waals surface area contributed by atoms with Gasteiger partial charge in [-0.1, -0.05) is 0 Å². The molecule has 2 amide bonds. The first-order valence-electron chi connectivity index (χ1n) is 7.05. The summed E-state index contributed by atoms with van der Waals surface area (Å²) < 4.78 is 5.38. The molecule has 0 bridgehead atoms. The van der Waals surface area contributed by atoms with Crippen LogP contribution in [0, 0.1) is 11.3 Å². The molecule has 21 heavy (non-hydrogen) atoms. The lowest BCUT2D eigenvalue weighted by molar-refractivity contribution is 0.116. The summed E-state index contributed by atoms with van der Waals surface area (Å²) in [5, 5.41) is 11.9. The van der Waals surface area contributed by atoms with E-state index in [9.17, 15) is 4.79 Å². The molecule has 2 fully saturated rings. The molecule has 0 radical (unpaired) electrons. The fraction of sp³-hybridized carbons (Fsp3) is 0.467. The minimum absolute atomic E-state index is 0.0451. The number of methoxy groups -OCH3 is 1. The normalized spacial score (nSPS) is 21.6. The van der Waals surface area contributed by atoms with Gasteiger partial charge in [0.05, 0.1) is 24.8 Å². The Hall–Kier alpha value is -2.26. The maximum atomic E-state index is 11.6. The van der Waals surface area contributed by atoms with Crippen LogP contribution < -0.4 is 10.1 Å². The zero-order valence-electron chi connectivity index (χ0n) is 12.0. The van der Waals surface area contributed by atoms with E-state index in [1.807, 2.05) is 17.0 Å². The van der Waals surface area contributed by atoms with Crippen molar-refractivity contribution in [2.45, 2.75) is 12.6 Å². The van der Waals surface area contributed by atoms with Gasteiger partial charge in [-0.15, -0.1) is 0 Å². The predicted molar refractivity (Wildman–Crippen MR) is 76.9 cm³/mol. The van der Waals surface area contributed by atoms with E-state index >= 15 is 0 Å². The number of carbonyl (C=O) groups is 1. The summed E-state index contributed by atoms with van der Waals surface area (Å²) in [4.78, 5) is 15.8. The lowest BCUT2D eigenvalue weighted by Gasteiger charge is -2.36. The number of fused-ring (bicyclic) bond motifs is 1. The van der Waals surface area contributed by atoms with Gasteiger partial charge >= 0.3 is 6.03 Å². The van der Waals surface area contributed by atoms with Gasteiger partial charge in [0.25, 0.3) is 0 Å². The maximum Gasteiger partial charge on any atom is 0.317 e. The number of hydrogen-bond acceptors (Lipinski definition) is 4. The fourth-order valence-electron chi connectivity index (χ4n) is 3.02. The van der Waals surface area contributed by atoms with E-state index in [4.69, 9.17) is 10.00 Å². The topological polar surface area (TPSA) is 68.6 Å². The monoisotopic (exact) mass is 286 g/mol. The fourth-order valence-corrected chi connectivity index (χ4v) is 3.02. The number of piperazine rings is 1. The summed E-state index contributed by atoms with van der Waals surface area (Å²) in [6, 6.07) is 7.93. The van der Waals surface area contributed by atoms with Gasteiger partial charge in [-0.3, -0.25) is 4.90 Å². The lowest BCUT2D eigenvalue weighted by Crippen LogP contribution is -2.51. The molecule has 6 heteroatoms. The van der Waals surface area contributed by atoms with Gasteiger partial charge in [0.1, 0.15) is 5.75 Å². The molecule has 1 atom stereocenters. The Balaban J connectivity index is 1.72. The van der Waals surface area contributed by atoms with Crippen molar-refractivity contribution in [1.29, 1.82) is 5.26 Å². The second kappa shape index (κ2) is 5.62. The van der Waals surface area contributed by atoms with E-state index in [1.165, 1.54) is 0 Å². The predicted octanol–water partition coefficient (Wildman–Crippen LogP) is 0.776. The molecule has 0 spiro atoms. The minimum Gasteiger partial charge on any atom is -0.496 e. The van der Waals surface area contributed by atoms with E-state index < -0.39 is 0 Å². The molecule has 2 aliphatic rings. The molecule has 0 aromatic heterocycles. The molecule has 0 saturated carbocycles. The van der Waals surface area contributed by atoms with Gasteiger partial charge in [-0.25, -0.2) is 4.79 Å². The number of rotatable bonds is 3. The Labute approximate surface area is 123 Å². The van der Waals surface area contributed by atoms with E-state index in [0.29, 0.717) is 12.1 Å². The molecular formula is C15H18N4O2. The van der Waals surface area contributed by atoms with Crippen LogP contribution in [-0.4, -0.2) is 55.2 Å². The standard InChI is InChI=1S/C15H18N4O2/c1-21-14-3-2-11(7-16)6-12(14)9-18-4-5-19-13(10-18)8-17-15(19)20/h2-3,6,13H,4-5,8-10H2,1H3,(H,17,20)/t13-/m0/s1. The largest absolute Gasteiger partial charge is 0.496 e. The number of nitriles is 1. The molecule has 3 rings (SSSR count). The Bertz CT molecular complexity index is 596. The summed E-state index contributed by atoms with van der Waals surface area (Å²) in [6.45, 7) is 3.88. The second-order valence-corrected chi connectivity index (χ2v) is 5.41. The summed E-state index contributed by atoms with van der Waals surface area (Å²) in [6.07, 6.45) is 0. The summed E-state index contributed by atoms with van der Waals surface area (Å²) >= 11 is 0. The molecule has 0 aliphatic carbocycles. The van der Waals surface area contributed by atoms with Gasteiger partial charge in [0.2, 0.25) is 0 Å². The van der Waals surface area contributed by atoms with Crippen LogP contribution in [0.4, 0.5) is 4.79 Å². The molecule has 1 aromatic carbocycles. The number of benzene rings is 1. The van der Waals surface area contributed by atoms with Crippen molar-refractivity contribution in [3.8, 4) is 11.8 Å². The number of ether oxygens (including phenoxy) is 1. The minimum atomic E-state index is 0.0451. The molecule has 1 aromatic rings. The zero-order chi connectivity index (χ0) is 14.8. The van der Waals surface area contributed by atoms with E-state index in [-0.39, 0.29) is 12.1 Å². The SMILES string of the molecule is COc1ccc(C#N)cc1CN1CCN2C(=O)NC[C@H]2C1. The lowest BCUT2D eigenvalue weighted by atomic mass is 10.1. The third-order valence-electron chi connectivity index (χ3n) is 4.12. The third kappa shape index (κ3) is 2.65. The summed E-state index contributed by atoms with van der Waals surface area (Å²) in [7, 11) is 1.64. The van der Waals surface area contributed by atoms with Crippen molar-refractivity contribution in [2.75, 3.05) is 33.3 Å². The van der Waals surface area contributed by atoms with E-state index in [2.05, 4.69) is 16.3 Å². The van der Waals surface area contributed by atoms with E-state index in [1.54, 1.807) is 13.2 Å². The number of urea groups is 1. The highest BCUT2D eigenvalue weighted by molar-refractivity contribution is 5.77. The molecule has 0 unspecified atom stereocenters. The Morgan fingerprint density at radius 3 is 3.10 bits per heavy atom. The highest BCUT2D eigenvalue weighted by atomic mass is 16.5. The third-order valence-corrected chi connectivity index (χ3v) is 4.12. The number of nitrogens with one attached hydrogen (secondary N) is 1. The van der Waals surface area contributed by atoms with Gasteiger partial charge in [-0.05, 0) is 18.2 Å². The van der Waals surface area contributed by atoms with Gasteiger partial charge in [0, 0.05) is 38.3 Å². The molecule has 6 nitrogen and oxygen atoms in total. The molecule has 1 N–H and O–H groups in total. The van der Waals surface area contributed by atoms with Crippen molar-refractivity contribution in [1.82, 2.24) is 15.1 Å². The van der Waals surface area contributed by atoms with Gasteiger partial charge in [0.15, 0.2) is 0 Å². The van der Waals surface area contributed by atoms with Crippen LogP contribution in [0.2, 0.25) is 0 Å². The van der Waals surface area contributed by atoms with Crippen LogP contribution in [0.5, 0.6) is 5.75 Å². The average molecular weight is 286 g/mol. The number of carbonyl (C=O) groups excluding carboxylic acids is 1. The molecule has 110 valence electrons. The first-order valence-corrected chi connectivity index (χ1v) is 7.05. The first kappa shape index (κ1) is 13.7.